The second-order valence-electron chi connectivity index (χ2n) is 5.44. The number of ketones is 1. The maximum Gasteiger partial charge on any atom is 0.328 e. The molecular formula is C16H23N3O5. The van der Waals surface area contributed by atoms with E-state index in [0.717, 1.165) is 0 Å². The third-order valence-corrected chi connectivity index (χ3v) is 3.17. The number of amides is 1. The fraction of sp³-hybridized carbons (Fsp3) is 0.500. The molecular weight excluding hydrogens is 314 g/mol. The molecule has 3 N–H and O–H groups in total. The highest BCUT2D eigenvalue weighted by Crippen LogP contribution is 2.15. The minimum Gasteiger partial charge on any atom is -0.461 e. The van der Waals surface area contributed by atoms with Crippen molar-refractivity contribution in [3.8, 4) is 0 Å². The Kier molecular flexibility index (Phi) is 7.84. The standard InChI is InChI=1S/C16H23N3O5/c1-10(2)24-16(22)13(7-6-11(20)9-17)19-15(21)14(23-3)12-5-4-8-18-12/h4-5,8-10,13-14,17-18H,6-7H2,1-3H3,(H,19,21)/t13-,14-/m0/s1. The van der Waals surface area contributed by atoms with E-state index in [2.05, 4.69) is 10.3 Å². The number of rotatable bonds is 10. The Morgan fingerprint density at radius 1 is 1.38 bits per heavy atom. The second kappa shape index (κ2) is 9.61. The van der Waals surface area contributed by atoms with Crippen LogP contribution in [-0.4, -0.2) is 48.1 Å². The number of Topliss-reactive ketones (excluding diaryl/α,β-unsaturated/α-hetero) is 1. The van der Waals surface area contributed by atoms with Crippen molar-refractivity contribution in [2.24, 2.45) is 0 Å². The fourth-order valence-corrected chi connectivity index (χ4v) is 2.05. The molecule has 0 radical (unpaired) electrons. The zero-order valence-electron chi connectivity index (χ0n) is 14.0. The lowest BCUT2D eigenvalue weighted by Crippen LogP contribution is -2.45. The van der Waals surface area contributed by atoms with Crippen LogP contribution in [-0.2, 0) is 23.9 Å². The minimum absolute atomic E-state index is 0.0399. The number of ether oxygens (including phenoxy) is 2. The smallest absolute Gasteiger partial charge is 0.328 e. The van der Waals surface area contributed by atoms with Crippen molar-refractivity contribution >= 4 is 23.9 Å². The van der Waals surface area contributed by atoms with Crippen LogP contribution in [0.5, 0.6) is 0 Å². The average molecular weight is 337 g/mol. The molecule has 0 bridgehead atoms. The fourth-order valence-electron chi connectivity index (χ4n) is 2.05. The number of H-pyrrole nitrogens is 1. The van der Waals surface area contributed by atoms with Crippen LogP contribution in [0, 0.1) is 5.41 Å². The van der Waals surface area contributed by atoms with Gasteiger partial charge in [-0.2, -0.15) is 0 Å². The number of carbonyl (C=O) groups is 3. The number of aromatic nitrogens is 1. The van der Waals surface area contributed by atoms with Crippen LogP contribution in [0.1, 0.15) is 38.5 Å². The van der Waals surface area contributed by atoms with Crippen LogP contribution in [0.4, 0.5) is 0 Å². The van der Waals surface area contributed by atoms with Gasteiger partial charge in [-0.15, -0.1) is 0 Å². The first-order chi connectivity index (χ1) is 11.4. The largest absolute Gasteiger partial charge is 0.461 e. The third-order valence-electron chi connectivity index (χ3n) is 3.17. The summed E-state index contributed by atoms with van der Waals surface area (Å²) in [7, 11) is 1.38. The van der Waals surface area contributed by atoms with Gasteiger partial charge in [-0.25, -0.2) is 4.79 Å². The van der Waals surface area contributed by atoms with E-state index in [-0.39, 0.29) is 18.9 Å². The number of nitrogens with one attached hydrogen (secondary N) is 3. The molecule has 0 aliphatic heterocycles. The maximum atomic E-state index is 12.4. The molecule has 0 saturated carbocycles. The van der Waals surface area contributed by atoms with Gasteiger partial charge in [0, 0.05) is 19.7 Å². The van der Waals surface area contributed by atoms with E-state index in [4.69, 9.17) is 14.9 Å². The van der Waals surface area contributed by atoms with Gasteiger partial charge in [-0.3, -0.25) is 9.59 Å². The van der Waals surface area contributed by atoms with Gasteiger partial charge < -0.3 is 25.2 Å². The van der Waals surface area contributed by atoms with E-state index in [9.17, 15) is 14.4 Å². The topological polar surface area (TPSA) is 121 Å². The van der Waals surface area contributed by atoms with Gasteiger partial charge >= 0.3 is 5.97 Å². The van der Waals surface area contributed by atoms with Gasteiger partial charge in [-0.05, 0) is 32.4 Å². The first-order valence-electron chi connectivity index (χ1n) is 7.59. The maximum absolute atomic E-state index is 12.4. The highest BCUT2D eigenvalue weighted by Gasteiger charge is 2.28. The lowest BCUT2D eigenvalue weighted by molar-refractivity contribution is -0.152. The summed E-state index contributed by atoms with van der Waals surface area (Å²) in [5, 5.41) is 9.46. The van der Waals surface area contributed by atoms with Crippen molar-refractivity contribution in [2.45, 2.75) is 44.9 Å². The number of hydrogen-bond donors (Lipinski definition) is 3. The van der Waals surface area contributed by atoms with Gasteiger partial charge in [0.1, 0.15) is 6.04 Å². The summed E-state index contributed by atoms with van der Waals surface area (Å²) in [5.41, 5.74) is 0.543. The number of carbonyl (C=O) groups excluding carboxylic acids is 3. The summed E-state index contributed by atoms with van der Waals surface area (Å²) in [5.74, 6) is -1.58. The van der Waals surface area contributed by atoms with Crippen LogP contribution in [0.3, 0.4) is 0 Å². The highest BCUT2D eigenvalue weighted by molar-refractivity contribution is 6.26. The number of aromatic amines is 1. The van der Waals surface area contributed by atoms with Crippen LogP contribution >= 0.6 is 0 Å². The molecule has 1 aromatic rings. The zero-order valence-corrected chi connectivity index (χ0v) is 14.0. The van der Waals surface area contributed by atoms with Crippen LogP contribution in [0.2, 0.25) is 0 Å². The van der Waals surface area contributed by atoms with Crippen molar-refractivity contribution in [1.82, 2.24) is 10.3 Å². The van der Waals surface area contributed by atoms with Crippen LogP contribution in [0.15, 0.2) is 18.3 Å². The Hall–Kier alpha value is -2.48. The summed E-state index contributed by atoms with van der Waals surface area (Å²) >= 11 is 0. The predicted molar refractivity (Wildman–Crippen MR) is 86.7 cm³/mol. The molecule has 1 heterocycles. The summed E-state index contributed by atoms with van der Waals surface area (Å²) < 4.78 is 10.3. The van der Waals surface area contributed by atoms with Crippen molar-refractivity contribution in [3.63, 3.8) is 0 Å². The zero-order chi connectivity index (χ0) is 18.1. The van der Waals surface area contributed by atoms with E-state index in [0.29, 0.717) is 11.9 Å². The Labute approximate surface area is 140 Å². The van der Waals surface area contributed by atoms with Crippen molar-refractivity contribution in [1.29, 1.82) is 5.41 Å². The molecule has 8 nitrogen and oxygen atoms in total. The second-order valence-corrected chi connectivity index (χ2v) is 5.44. The van der Waals surface area contributed by atoms with Gasteiger partial charge in [0.25, 0.3) is 5.91 Å². The molecule has 0 aromatic carbocycles. The summed E-state index contributed by atoms with van der Waals surface area (Å²) in [6, 6.07) is 2.42. The molecule has 0 saturated heterocycles. The molecule has 0 aliphatic rings. The normalized spacial score (nSPS) is 13.2. The van der Waals surface area contributed by atoms with Gasteiger partial charge in [0.05, 0.1) is 18.0 Å². The Bertz CT molecular complexity index is 568. The van der Waals surface area contributed by atoms with Crippen LogP contribution < -0.4 is 5.32 Å². The molecule has 132 valence electrons. The third kappa shape index (κ3) is 5.96. The van der Waals surface area contributed by atoms with Gasteiger partial charge in [0.2, 0.25) is 0 Å². The Morgan fingerprint density at radius 2 is 2.08 bits per heavy atom. The van der Waals surface area contributed by atoms with Crippen molar-refractivity contribution in [2.75, 3.05) is 7.11 Å². The number of esters is 1. The molecule has 0 spiro atoms. The first kappa shape index (κ1) is 19.6. The molecule has 1 aromatic heterocycles. The monoisotopic (exact) mass is 337 g/mol. The van der Waals surface area contributed by atoms with Crippen molar-refractivity contribution in [3.05, 3.63) is 24.0 Å². The SMILES string of the molecule is CO[C@H](C(=O)N[C@@H](CCC(=O)C=N)C(=O)OC(C)C)c1ccc[nH]1. The molecule has 24 heavy (non-hydrogen) atoms. The molecule has 0 aliphatic carbocycles. The highest BCUT2D eigenvalue weighted by atomic mass is 16.5. The molecule has 1 rings (SSSR count). The molecule has 0 fully saturated rings. The van der Waals surface area contributed by atoms with E-state index in [1.807, 2.05) is 0 Å². The predicted octanol–water partition coefficient (Wildman–Crippen LogP) is 1.14. The molecule has 2 atom stereocenters. The van der Waals surface area contributed by atoms with Gasteiger partial charge in [-0.1, -0.05) is 0 Å². The van der Waals surface area contributed by atoms with E-state index < -0.39 is 29.8 Å². The van der Waals surface area contributed by atoms with Gasteiger partial charge in [0.15, 0.2) is 11.9 Å². The first-order valence-corrected chi connectivity index (χ1v) is 7.59. The summed E-state index contributed by atoms with van der Waals surface area (Å²) in [6.45, 7) is 3.38. The Morgan fingerprint density at radius 3 is 2.58 bits per heavy atom. The van der Waals surface area contributed by atoms with E-state index in [1.165, 1.54) is 7.11 Å². The summed E-state index contributed by atoms with van der Waals surface area (Å²) in [4.78, 5) is 38.7. The molecule has 8 heteroatoms. The quantitative estimate of drug-likeness (QED) is 0.436. The van der Waals surface area contributed by atoms with Crippen LogP contribution in [0.25, 0.3) is 0 Å². The lowest BCUT2D eigenvalue weighted by atomic mass is 10.1. The summed E-state index contributed by atoms with van der Waals surface area (Å²) in [6.07, 6.45) is 1.09. The number of methoxy groups -OCH3 is 1. The minimum atomic E-state index is -0.989. The average Bonchev–Trinajstić information content (AvgIpc) is 3.05. The molecule has 0 unspecified atom stereocenters. The lowest BCUT2D eigenvalue weighted by Gasteiger charge is -2.21. The van der Waals surface area contributed by atoms with E-state index >= 15 is 0 Å². The molecule has 1 amide bonds. The van der Waals surface area contributed by atoms with E-state index in [1.54, 1.807) is 32.2 Å². The number of hydrogen-bond acceptors (Lipinski definition) is 6. The van der Waals surface area contributed by atoms with Crippen molar-refractivity contribution < 1.29 is 23.9 Å². The Balaban J connectivity index is 2.81.